The molecule has 0 radical (unpaired) electrons. The lowest BCUT2D eigenvalue weighted by molar-refractivity contribution is -1.07. The molecule has 0 aliphatic heterocycles. The SMILES string of the molecule is CNO[N+](C)(C)C. The fourth-order valence-corrected chi connectivity index (χ4v) is 0.274. The molecule has 0 rings (SSSR count). The monoisotopic (exact) mass is 105 g/mol. The van der Waals surface area contributed by atoms with E-state index in [2.05, 4.69) is 5.48 Å². The van der Waals surface area contributed by atoms with Gasteiger partial charge in [-0.15, -0.1) is 4.94 Å². The highest BCUT2D eigenvalue weighted by Gasteiger charge is 2.03. The molecule has 0 aromatic carbocycles. The molecule has 0 aromatic heterocycles. The second-order valence-corrected chi connectivity index (χ2v) is 2.18. The van der Waals surface area contributed by atoms with Gasteiger partial charge in [0.05, 0.1) is 21.1 Å². The van der Waals surface area contributed by atoms with Crippen molar-refractivity contribution in [2.45, 2.75) is 0 Å². The number of nitrogens with zero attached hydrogens (tertiary/aromatic N) is 1. The van der Waals surface area contributed by atoms with E-state index in [4.69, 9.17) is 4.94 Å². The van der Waals surface area contributed by atoms with Gasteiger partial charge in [0.15, 0.2) is 0 Å². The zero-order valence-corrected chi connectivity index (χ0v) is 5.36. The lowest BCUT2D eigenvalue weighted by atomic mass is 11.0. The van der Waals surface area contributed by atoms with Gasteiger partial charge in [-0.05, 0) is 0 Å². The van der Waals surface area contributed by atoms with Gasteiger partial charge >= 0.3 is 0 Å². The standard InChI is InChI=1S/C4H13N2O/c1-5-7-6(2,3)4/h5H,1-4H3/q+1. The maximum atomic E-state index is 4.92. The summed E-state index contributed by atoms with van der Waals surface area (Å²) in [6, 6.07) is 0. The van der Waals surface area contributed by atoms with Crippen molar-refractivity contribution in [3.63, 3.8) is 0 Å². The molecule has 0 atom stereocenters. The molecule has 0 bridgehead atoms. The van der Waals surface area contributed by atoms with Crippen LogP contribution < -0.4 is 5.48 Å². The zero-order chi connectivity index (χ0) is 5.91. The molecule has 0 spiro atoms. The second-order valence-electron chi connectivity index (χ2n) is 2.18. The Balaban J connectivity index is 3.15. The van der Waals surface area contributed by atoms with Crippen LogP contribution in [0.15, 0.2) is 0 Å². The van der Waals surface area contributed by atoms with Crippen LogP contribution in [0.3, 0.4) is 0 Å². The summed E-state index contributed by atoms with van der Waals surface area (Å²) >= 11 is 0. The van der Waals surface area contributed by atoms with E-state index in [0.29, 0.717) is 4.65 Å². The van der Waals surface area contributed by atoms with Gasteiger partial charge < -0.3 is 0 Å². The van der Waals surface area contributed by atoms with Gasteiger partial charge in [0.25, 0.3) is 0 Å². The van der Waals surface area contributed by atoms with Crippen molar-refractivity contribution in [1.82, 2.24) is 5.48 Å². The van der Waals surface area contributed by atoms with Crippen molar-refractivity contribution in [2.75, 3.05) is 28.2 Å². The molecule has 0 saturated heterocycles. The minimum Gasteiger partial charge on any atom is -0.167 e. The Hall–Kier alpha value is -0.120. The minimum atomic E-state index is 0.483. The number of hydroxylamine groups is 4. The molecule has 0 aromatic rings. The van der Waals surface area contributed by atoms with Crippen molar-refractivity contribution >= 4 is 0 Å². The summed E-state index contributed by atoms with van der Waals surface area (Å²) in [4.78, 5) is 4.92. The van der Waals surface area contributed by atoms with Crippen LogP contribution in [0, 0.1) is 0 Å². The van der Waals surface area contributed by atoms with Gasteiger partial charge in [-0.2, -0.15) is 10.1 Å². The first-order valence-electron chi connectivity index (χ1n) is 2.23. The number of quaternary nitrogens is 1. The van der Waals surface area contributed by atoms with Crippen molar-refractivity contribution in [1.29, 1.82) is 0 Å². The first-order valence-corrected chi connectivity index (χ1v) is 2.23. The molecule has 0 heterocycles. The van der Waals surface area contributed by atoms with Crippen LogP contribution in [0.25, 0.3) is 0 Å². The van der Waals surface area contributed by atoms with Crippen LogP contribution in [0.1, 0.15) is 0 Å². The molecule has 0 unspecified atom stereocenters. The largest absolute Gasteiger partial charge is 0.167 e. The van der Waals surface area contributed by atoms with Gasteiger partial charge in [-0.1, -0.05) is 0 Å². The molecular weight excluding hydrogens is 92.1 g/mol. The Morgan fingerprint density at radius 1 is 1.29 bits per heavy atom. The molecular formula is C4H13N2O+. The van der Waals surface area contributed by atoms with E-state index < -0.39 is 0 Å². The summed E-state index contributed by atoms with van der Waals surface area (Å²) < 4.78 is 0.483. The molecule has 1 N–H and O–H groups in total. The lowest BCUT2D eigenvalue weighted by Crippen LogP contribution is -2.38. The fraction of sp³-hybridized carbons (Fsp3) is 1.00. The highest BCUT2D eigenvalue weighted by Crippen LogP contribution is 1.84. The third-order valence-corrected chi connectivity index (χ3v) is 0.365. The number of hydrogen-bond acceptors (Lipinski definition) is 2. The Morgan fingerprint density at radius 3 is 1.71 bits per heavy atom. The maximum absolute atomic E-state index is 4.92. The van der Waals surface area contributed by atoms with E-state index in [1.54, 1.807) is 7.05 Å². The number of hydrogen-bond donors (Lipinski definition) is 1. The predicted octanol–water partition coefficient (Wildman–Crippen LogP) is -0.241. The van der Waals surface area contributed by atoms with E-state index >= 15 is 0 Å². The molecule has 0 aliphatic carbocycles. The van der Waals surface area contributed by atoms with Gasteiger partial charge in [-0.3, -0.25) is 0 Å². The average Bonchev–Trinajstić information content (AvgIpc) is 1.30. The van der Waals surface area contributed by atoms with E-state index in [0.717, 1.165) is 0 Å². The summed E-state index contributed by atoms with van der Waals surface area (Å²) in [5.74, 6) is 0. The first-order chi connectivity index (χ1) is 3.06. The van der Waals surface area contributed by atoms with Crippen LogP contribution in [-0.2, 0) is 4.94 Å². The quantitative estimate of drug-likeness (QED) is 0.386. The molecule has 3 nitrogen and oxygen atoms in total. The highest BCUT2D eigenvalue weighted by atomic mass is 16.8. The van der Waals surface area contributed by atoms with Crippen LogP contribution in [-0.4, -0.2) is 32.8 Å². The Morgan fingerprint density at radius 2 is 1.71 bits per heavy atom. The molecule has 3 heteroatoms. The lowest BCUT2D eigenvalue weighted by Gasteiger charge is -2.18. The van der Waals surface area contributed by atoms with Gasteiger partial charge in [0, 0.05) is 7.05 Å². The second kappa shape index (κ2) is 2.26. The Bertz CT molecular complexity index is 48.1. The highest BCUT2D eigenvalue weighted by molar-refractivity contribution is 3.83. The van der Waals surface area contributed by atoms with E-state index in [9.17, 15) is 0 Å². The van der Waals surface area contributed by atoms with Crippen LogP contribution in [0.2, 0.25) is 0 Å². The number of rotatable bonds is 2. The van der Waals surface area contributed by atoms with E-state index in [1.165, 1.54) is 0 Å². The first kappa shape index (κ1) is 6.88. The summed E-state index contributed by atoms with van der Waals surface area (Å²) in [5.41, 5.74) is 2.58. The van der Waals surface area contributed by atoms with Gasteiger partial charge in [-0.25, -0.2) is 0 Å². The molecule has 0 aliphatic rings. The van der Waals surface area contributed by atoms with Crippen molar-refractivity contribution in [2.24, 2.45) is 0 Å². The normalized spacial score (nSPS) is 12.0. The number of nitrogens with one attached hydrogen (secondary N) is 1. The Kier molecular flexibility index (Phi) is 2.22. The van der Waals surface area contributed by atoms with Crippen LogP contribution in [0.4, 0.5) is 0 Å². The molecule has 0 fully saturated rings. The van der Waals surface area contributed by atoms with Crippen molar-refractivity contribution in [3.05, 3.63) is 0 Å². The van der Waals surface area contributed by atoms with Crippen LogP contribution in [0.5, 0.6) is 0 Å². The van der Waals surface area contributed by atoms with Crippen LogP contribution >= 0.6 is 0 Å². The molecule has 0 saturated carbocycles. The summed E-state index contributed by atoms with van der Waals surface area (Å²) in [6.45, 7) is 0. The molecule has 44 valence electrons. The zero-order valence-electron chi connectivity index (χ0n) is 5.36. The van der Waals surface area contributed by atoms with Crippen molar-refractivity contribution < 1.29 is 9.58 Å². The molecule has 0 amide bonds. The van der Waals surface area contributed by atoms with Gasteiger partial charge in [0.1, 0.15) is 0 Å². The molecule has 7 heavy (non-hydrogen) atoms. The fourth-order valence-electron chi connectivity index (χ4n) is 0.274. The topological polar surface area (TPSA) is 21.3 Å². The predicted molar refractivity (Wildman–Crippen MR) is 28.2 cm³/mol. The van der Waals surface area contributed by atoms with E-state index in [1.807, 2.05) is 21.1 Å². The summed E-state index contributed by atoms with van der Waals surface area (Å²) in [6.07, 6.45) is 0. The van der Waals surface area contributed by atoms with E-state index in [-0.39, 0.29) is 0 Å². The summed E-state index contributed by atoms with van der Waals surface area (Å²) in [5, 5.41) is 0. The summed E-state index contributed by atoms with van der Waals surface area (Å²) in [7, 11) is 7.52. The average molecular weight is 105 g/mol. The third-order valence-electron chi connectivity index (χ3n) is 0.365. The van der Waals surface area contributed by atoms with Crippen molar-refractivity contribution in [3.8, 4) is 0 Å². The smallest absolute Gasteiger partial charge is 0.1000 e. The van der Waals surface area contributed by atoms with Gasteiger partial charge in [0.2, 0.25) is 0 Å². The Labute approximate surface area is 44.4 Å². The third kappa shape index (κ3) is 5.88. The maximum Gasteiger partial charge on any atom is 0.1000 e. The minimum absolute atomic E-state index is 0.483.